The van der Waals surface area contributed by atoms with Crippen LogP contribution in [0.25, 0.3) is 0 Å². The van der Waals surface area contributed by atoms with Gasteiger partial charge in [-0.3, -0.25) is 10.1 Å². The molecule has 2 aromatic carbocycles. The highest BCUT2D eigenvalue weighted by atomic mass is 32.2. The molecule has 2 aromatic rings. The van der Waals surface area contributed by atoms with Crippen LogP contribution >= 0.6 is 0 Å². The van der Waals surface area contributed by atoms with Crippen molar-refractivity contribution in [2.24, 2.45) is 0 Å². The highest BCUT2D eigenvalue weighted by molar-refractivity contribution is 7.88. The van der Waals surface area contributed by atoms with E-state index < -0.39 is 14.9 Å². The van der Waals surface area contributed by atoms with Gasteiger partial charge in [0.15, 0.2) is 0 Å². The summed E-state index contributed by atoms with van der Waals surface area (Å²) in [6, 6.07) is 13.3. The Bertz CT molecular complexity index is 836. The molecule has 8 heteroatoms. The molecule has 0 saturated carbocycles. The summed E-state index contributed by atoms with van der Waals surface area (Å²) in [5, 5.41) is 10.7. The number of non-ortho nitro benzene ring substituents is 1. The second-order valence-electron chi connectivity index (χ2n) is 5.54. The Hall–Kier alpha value is -2.45. The van der Waals surface area contributed by atoms with Crippen LogP contribution < -0.4 is 9.46 Å². The third-order valence-electron chi connectivity index (χ3n) is 3.58. The molecule has 7 nitrogen and oxygen atoms in total. The number of nitro benzene ring substituents is 1. The first-order chi connectivity index (χ1) is 11.9. The third kappa shape index (κ3) is 6.17. The molecule has 0 saturated heterocycles. The van der Waals surface area contributed by atoms with Crippen molar-refractivity contribution in [2.45, 2.75) is 18.6 Å². The predicted octanol–water partition coefficient (Wildman–Crippen LogP) is 2.66. The van der Waals surface area contributed by atoms with Gasteiger partial charge in [-0.25, -0.2) is 13.1 Å². The second kappa shape index (κ2) is 8.59. The maximum absolute atomic E-state index is 12.1. The number of hydrogen-bond acceptors (Lipinski definition) is 5. The lowest BCUT2D eigenvalue weighted by Crippen LogP contribution is -2.26. The molecule has 0 bridgehead atoms. The Morgan fingerprint density at radius 2 is 1.84 bits per heavy atom. The van der Waals surface area contributed by atoms with E-state index in [4.69, 9.17) is 4.74 Å². The van der Waals surface area contributed by atoms with Gasteiger partial charge < -0.3 is 4.74 Å². The Kier molecular flexibility index (Phi) is 6.49. The van der Waals surface area contributed by atoms with Gasteiger partial charge in [0.25, 0.3) is 5.69 Å². The van der Waals surface area contributed by atoms with Gasteiger partial charge in [-0.15, -0.1) is 0 Å². The number of ether oxygens (including phenoxy) is 1. The van der Waals surface area contributed by atoms with Crippen LogP contribution in [0.1, 0.15) is 17.5 Å². The van der Waals surface area contributed by atoms with E-state index >= 15 is 0 Å². The van der Waals surface area contributed by atoms with Gasteiger partial charge in [0, 0.05) is 18.7 Å². The van der Waals surface area contributed by atoms with Crippen LogP contribution in [0.5, 0.6) is 5.75 Å². The van der Waals surface area contributed by atoms with Gasteiger partial charge in [0.05, 0.1) is 17.8 Å². The lowest BCUT2D eigenvalue weighted by Gasteiger charge is -2.08. The van der Waals surface area contributed by atoms with E-state index in [0.717, 1.165) is 17.7 Å². The number of hydrogen-bond donors (Lipinski definition) is 1. The number of nitrogens with one attached hydrogen (secondary N) is 1. The first-order valence-electron chi connectivity index (χ1n) is 7.73. The van der Waals surface area contributed by atoms with Gasteiger partial charge >= 0.3 is 0 Å². The molecule has 1 N–H and O–H groups in total. The fourth-order valence-corrected chi connectivity index (χ4v) is 3.55. The van der Waals surface area contributed by atoms with Crippen LogP contribution in [0.3, 0.4) is 0 Å². The topological polar surface area (TPSA) is 98.5 Å². The molecular weight excluding hydrogens is 344 g/mol. The second-order valence-corrected chi connectivity index (χ2v) is 7.34. The van der Waals surface area contributed by atoms with Crippen molar-refractivity contribution < 1.29 is 18.1 Å². The quantitative estimate of drug-likeness (QED) is 0.419. The van der Waals surface area contributed by atoms with Crippen LogP contribution in [-0.2, 0) is 22.2 Å². The summed E-state index contributed by atoms with van der Waals surface area (Å²) in [7, 11) is -1.94. The van der Waals surface area contributed by atoms with Crippen molar-refractivity contribution in [1.82, 2.24) is 4.72 Å². The minimum atomic E-state index is -3.54. The molecule has 2 rings (SSSR count). The molecule has 0 unspecified atom stereocenters. The van der Waals surface area contributed by atoms with Crippen LogP contribution in [0.15, 0.2) is 48.5 Å². The van der Waals surface area contributed by atoms with Crippen molar-refractivity contribution in [3.8, 4) is 5.75 Å². The Morgan fingerprint density at radius 3 is 2.56 bits per heavy atom. The van der Waals surface area contributed by atoms with Crippen LogP contribution in [0, 0.1) is 10.1 Å². The Labute approximate surface area is 146 Å². The zero-order chi connectivity index (χ0) is 18.3. The normalized spacial score (nSPS) is 11.2. The fourth-order valence-electron chi connectivity index (χ4n) is 2.38. The molecule has 0 fully saturated rings. The minimum Gasteiger partial charge on any atom is -0.497 e. The molecule has 0 aliphatic carbocycles. The summed E-state index contributed by atoms with van der Waals surface area (Å²) in [6.07, 6.45) is 1.36. The average Bonchev–Trinajstić information content (AvgIpc) is 2.59. The van der Waals surface area contributed by atoms with Crippen molar-refractivity contribution in [2.75, 3.05) is 13.7 Å². The van der Waals surface area contributed by atoms with E-state index in [9.17, 15) is 18.5 Å². The van der Waals surface area contributed by atoms with Crippen LogP contribution in [0.2, 0.25) is 0 Å². The summed E-state index contributed by atoms with van der Waals surface area (Å²) in [5.74, 6) is 0.483. The molecule has 134 valence electrons. The van der Waals surface area contributed by atoms with E-state index in [1.165, 1.54) is 18.2 Å². The number of nitro groups is 1. The number of aryl methyl sites for hydroxylation is 1. The molecular formula is C17H20N2O5S. The van der Waals surface area contributed by atoms with Gasteiger partial charge in [0.1, 0.15) is 5.75 Å². The number of sulfonamides is 1. The number of benzene rings is 2. The summed E-state index contributed by atoms with van der Waals surface area (Å²) >= 11 is 0. The molecule has 25 heavy (non-hydrogen) atoms. The lowest BCUT2D eigenvalue weighted by molar-refractivity contribution is -0.384. The van der Waals surface area contributed by atoms with Crippen LogP contribution in [-0.4, -0.2) is 27.0 Å². The van der Waals surface area contributed by atoms with Crippen LogP contribution in [0.4, 0.5) is 5.69 Å². The maximum Gasteiger partial charge on any atom is 0.269 e. The van der Waals surface area contributed by atoms with Crippen molar-refractivity contribution in [3.63, 3.8) is 0 Å². The SMILES string of the molecule is COc1cccc(CCCNS(=O)(=O)Cc2cccc([N+](=O)[O-])c2)c1. The van der Waals surface area contributed by atoms with Gasteiger partial charge in [-0.1, -0.05) is 24.3 Å². The molecule has 0 atom stereocenters. The minimum absolute atomic E-state index is 0.120. The Morgan fingerprint density at radius 1 is 1.12 bits per heavy atom. The van der Waals surface area contributed by atoms with E-state index in [-0.39, 0.29) is 11.4 Å². The molecule has 0 spiro atoms. The fraction of sp³-hybridized carbons (Fsp3) is 0.294. The molecule has 0 amide bonds. The molecule has 0 aliphatic heterocycles. The van der Waals surface area contributed by atoms with Crippen molar-refractivity contribution in [3.05, 3.63) is 69.8 Å². The summed E-state index contributed by atoms with van der Waals surface area (Å²) in [4.78, 5) is 10.2. The van der Waals surface area contributed by atoms with Crippen molar-refractivity contribution >= 4 is 15.7 Å². The molecule has 0 heterocycles. The zero-order valence-corrected chi connectivity index (χ0v) is 14.7. The van der Waals surface area contributed by atoms with E-state index in [0.29, 0.717) is 18.5 Å². The summed E-state index contributed by atoms with van der Waals surface area (Å²) in [5.41, 5.74) is 1.33. The lowest BCUT2D eigenvalue weighted by atomic mass is 10.1. The molecule has 0 aliphatic rings. The highest BCUT2D eigenvalue weighted by Gasteiger charge is 2.13. The smallest absolute Gasteiger partial charge is 0.269 e. The van der Waals surface area contributed by atoms with Crippen molar-refractivity contribution in [1.29, 1.82) is 0 Å². The standard InChI is InChI=1S/C17H20N2O5S/c1-24-17-9-3-5-14(12-17)7-4-10-18-25(22,23)13-15-6-2-8-16(11-15)19(20)21/h2-3,5-6,8-9,11-12,18H,4,7,10,13H2,1H3. The number of methoxy groups -OCH3 is 1. The highest BCUT2D eigenvalue weighted by Crippen LogP contribution is 2.15. The third-order valence-corrected chi connectivity index (χ3v) is 4.93. The molecule has 0 radical (unpaired) electrons. The van der Waals surface area contributed by atoms with Gasteiger partial charge in [-0.2, -0.15) is 0 Å². The van der Waals surface area contributed by atoms with Gasteiger partial charge in [0.2, 0.25) is 10.0 Å². The molecule has 0 aromatic heterocycles. The monoisotopic (exact) mass is 364 g/mol. The Balaban J connectivity index is 1.85. The first-order valence-corrected chi connectivity index (χ1v) is 9.38. The average molecular weight is 364 g/mol. The van der Waals surface area contributed by atoms with Gasteiger partial charge in [-0.05, 0) is 36.1 Å². The van der Waals surface area contributed by atoms with E-state index in [1.54, 1.807) is 13.2 Å². The zero-order valence-electron chi connectivity index (χ0n) is 13.8. The first kappa shape index (κ1) is 18.9. The summed E-state index contributed by atoms with van der Waals surface area (Å²) in [6.45, 7) is 0.300. The maximum atomic E-state index is 12.1. The predicted molar refractivity (Wildman–Crippen MR) is 95.0 cm³/mol. The number of rotatable bonds is 9. The van der Waals surface area contributed by atoms with E-state index in [2.05, 4.69) is 4.72 Å². The largest absolute Gasteiger partial charge is 0.497 e. The summed E-state index contributed by atoms with van der Waals surface area (Å²) < 4.78 is 31.9. The number of nitrogens with zero attached hydrogens (tertiary/aromatic N) is 1. The van der Waals surface area contributed by atoms with E-state index in [1.807, 2.05) is 24.3 Å².